The number of nitrogens with two attached hydrogens (primary N) is 1. The van der Waals surface area contributed by atoms with Crippen molar-refractivity contribution in [3.8, 4) is 6.07 Å². The van der Waals surface area contributed by atoms with Crippen LogP contribution in [0.25, 0.3) is 11.6 Å². The van der Waals surface area contributed by atoms with Gasteiger partial charge in [0.15, 0.2) is 5.82 Å². The van der Waals surface area contributed by atoms with Crippen molar-refractivity contribution in [1.29, 1.82) is 5.26 Å². The van der Waals surface area contributed by atoms with E-state index in [2.05, 4.69) is 45.5 Å². The van der Waals surface area contributed by atoms with Crippen LogP contribution in [-0.2, 0) is 0 Å². The van der Waals surface area contributed by atoms with Crippen molar-refractivity contribution in [2.45, 2.75) is 32.7 Å². The van der Waals surface area contributed by atoms with E-state index in [0.717, 1.165) is 11.3 Å². The molecule has 0 amide bonds. The lowest BCUT2D eigenvalue weighted by atomic mass is 10.1. The Morgan fingerprint density at radius 1 is 1.33 bits per heavy atom. The molecule has 0 radical (unpaired) electrons. The van der Waals surface area contributed by atoms with Crippen LogP contribution >= 0.6 is 0 Å². The number of aromatic nitrogens is 4. The Balaban J connectivity index is 2.05. The maximum atomic E-state index is 9.57. The predicted molar refractivity (Wildman–Crippen MR) is 94.2 cm³/mol. The molecule has 0 unspecified atom stereocenters. The second kappa shape index (κ2) is 5.96. The standard InChI is InChI=1S/C17H21N7/c1-10-7-12(11(2)24(10)14-5-6-14)8-13(9-18)15-20-16(19)22-17(21-15)23(3)4/h7-8,14H,5-6H2,1-4H3,(H2,19,20,21,22)/b13-8-. The molecule has 1 saturated carbocycles. The molecule has 2 aromatic heterocycles. The number of nitrogens with zero attached hydrogens (tertiary/aromatic N) is 6. The molecule has 7 heteroatoms. The molecule has 0 aliphatic heterocycles. The maximum absolute atomic E-state index is 9.57. The summed E-state index contributed by atoms with van der Waals surface area (Å²) in [6, 6.07) is 4.89. The van der Waals surface area contributed by atoms with Crippen LogP contribution in [0.2, 0.25) is 0 Å². The van der Waals surface area contributed by atoms with Gasteiger partial charge >= 0.3 is 0 Å². The molecule has 2 N–H and O–H groups in total. The molecule has 0 bridgehead atoms. The summed E-state index contributed by atoms with van der Waals surface area (Å²) < 4.78 is 2.34. The molecular weight excluding hydrogens is 302 g/mol. The van der Waals surface area contributed by atoms with Gasteiger partial charge in [-0.3, -0.25) is 0 Å². The Bertz CT molecular complexity index is 851. The van der Waals surface area contributed by atoms with Gasteiger partial charge in [-0.2, -0.15) is 20.2 Å². The largest absolute Gasteiger partial charge is 0.368 e. The molecule has 0 atom stereocenters. The smallest absolute Gasteiger partial charge is 0.230 e. The first kappa shape index (κ1) is 16.0. The van der Waals surface area contributed by atoms with Gasteiger partial charge in [0, 0.05) is 31.5 Å². The highest BCUT2D eigenvalue weighted by Gasteiger charge is 2.26. The number of nitriles is 1. The van der Waals surface area contributed by atoms with Gasteiger partial charge in [-0.25, -0.2) is 0 Å². The number of anilines is 2. The van der Waals surface area contributed by atoms with Crippen molar-refractivity contribution in [2.75, 3.05) is 24.7 Å². The average molecular weight is 323 g/mol. The van der Waals surface area contributed by atoms with E-state index in [-0.39, 0.29) is 5.95 Å². The van der Waals surface area contributed by atoms with Crippen LogP contribution in [0.3, 0.4) is 0 Å². The van der Waals surface area contributed by atoms with Crippen LogP contribution in [0.5, 0.6) is 0 Å². The summed E-state index contributed by atoms with van der Waals surface area (Å²) in [6.07, 6.45) is 4.27. The van der Waals surface area contributed by atoms with Gasteiger partial charge in [0.05, 0.1) is 5.57 Å². The third kappa shape index (κ3) is 2.95. The van der Waals surface area contributed by atoms with Gasteiger partial charge in [-0.05, 0) is 44.4 Å². The summed E-state index contributed by atoms with van der Waals surface area (Å²) in [5.41, 5.74) is 9.53. The highest BCUT2D eigenvalue weighted by molar-refractivity contribution is 5.88. The zero-order valence-corrected chi connectivity index (χ0v) is 14.4. The number of allylic oxidation sites excluding steroid dienone is 1. The number of rotatable bonds is 4. The Kier molecular flexibility index (Phi) is 3.97. The van der Waals surface area contributed by atoms with Gasteiger partial charge in [0.25, 0.3) is 0 Å². The third-order valence-corrected chi connectivity index (χ3v) is 4.14. The molecule has 2 heterocycles. The monoisotopic (exact) mass is 323 g/mol. The van der Waals surface area contributed by atoms with E-state index in [1.165, 1.54) is 18.5 Å². The van der Waals surface area contributed by atoms with Crippen LogP contribution in [0.4, 0.5) is 11.9 Å². The molecule has 0 aromatic carbocycles. The number of aryl methyl sites for hydroxylation is 1. The van der Waals surface area contributed by atoms with E-state index in [0.29, 0.717) is 23.4 Å². The Morgan fingerprint density at radius 2 is 2.04 bits per heavy atom. The van der Waals surface area contributed by atoms with Gasteiger partial charge < -0.3 is 15.2 Å². The van der Waals surface area contributed by atoms with Crippen LogP contribution in [0, 0.1) is 25.2 Å². The van der Waals surface area contributed by atoms with Crippen LogP contribution < -0.4 is 10.6 Å². The summed E-state index contributed by atoms with van der Waals surface area (Å²) in [6.45, 7) is 4.18. The molecule has 2 aromatic rings. The van der Waals surface area contributed by atoms with Crippen molar-refractivity contribution in [3.63, 3.8) is 0 Å². The fraction of sp³-hybridized carbons (Fsp3) is 0.412. The SMILES string of the molecule is Cc1cc(/C=C(/C#N)c2nc(N)nc(N(C)C)n2)c(C)n1C1CC1. The highest BCUT2D eigenvalue weighted by Crippen LogP contribution is 2.38. The fourth-order valence-electron chi connectivity index (χ4n) is 2.85. The van der Waals surface area contributed by atoms with E-state index < -0.39 is 0 Å². The highest BCUT2D eigenvalue weighted by atomic mass is 15.3. The lowest BCUT2D eigenvalue weighted by Crippen LogP contribution is -2.15. The first-order chi connectivity index (χ1) is 11.4. The average Bonchev–Trinajstić information content (AvgIpc) is 3.31. The summed E-state index contributed by atoms with van der Waals surface area (Å²) in [4.78, 5) is 14.3. The number of hydrogen-bond donors (Lipinski definition) is 1. The molecule has 7 nitrogen and oxygen atoms in total. The number of hydrogen-bond acceptors (Lipinski definition) is 6. The normalized spacial score (nSPS) is 14.5. The molecule has 1 aliphatic rings. The molecule has 0 spiro atoms. The minimum atomic E-state index is 0.105. The van der Waals surface area contributed by atoms with Crippen molar-refractivity contribution < 1.29 is 0 Å². The van der Waals surface area contributed by atoms with Crippen molar-refractivity contribution in [1.82, 2.24) is 19.5 Å². The van der Waals surface area contributed by atoms with Gasteiger partial charge in [0.2, 0.25) is 11.9 Å². The van der Waals surface area contributed by atoms with E-state index in [4.69, 9.17) is 5.73 Å². The zero-order valence-electron chi connectivity index (χ0n) is 14.4. The van der Waals surface area contributed by atoms with Crippen LogP contribution in [0.1, 0.15) is 41.7 Å². The van der Waals surface area contributed by atoms with Gasteiger partial charge in [-0.1, -0.05) is 0 Å². The lowest BCUT2D eigenvalue weighted by Gasteiger charge is -2.11. The molecule has 1 aliphatic carbocycles. The van der Waals surface area contributed by atoms with Crippen molar-refractivity contribution in [3.05, 3.63) is 28.8 Å². The summed E-state index contributed by atoms with van der Waals surface area (Å²) >= 11 is 0. The first-order valence-corrected chi connectivity index (χ1v) is 7.90. The van der Waals surface area contributed by atoms with E-state index in [1.807, 2.05) is 20.2 Å². The minimum Gasteiger partial charge on any atom is -0.368 e. The lowest BCUT2D eigenvalue weighted by molar-refractivity contribution is 0.699. The fourth-order valence-corrected chi connectivity index (χ4v) is 2.85. The maximum Gasteiger partial charge on any atom is 0.230 e. The van der Waals surface area contributed by atoms with E-state index in [1.54, 1.807) is 4.90 Å². The summed E-state index contributed by atoms with van der Waals surface area (Å²) in [5, 5.41) is 9.57. The summed E-state index contributed by atoms with van der Waals surface area (Å²) in [7, 11) is 3.63. The Hall–Kier alpha value is -2.88. The molecular formula is C17H21N7. The molecule has 24 heavy (non-hydrogen) atoms. The molecule has 3 rings (SSSR count). The van der Waals surface area contributed by atoms with E-state index >= 15 is 0 Å². The number of nitrogen functional groups attached to an aromatic ring is 1. The van der Waals surface area contributed by atoms with E-state index in [9.17, 15) is 5.26 Å². The minimum absolute atomic E-state index is 0.105. The van der Waals surface area contributed by atoms with Gasteiger partial charge in [0.1, 0.15) is 6.07 Å². The first-order valence-electron chi connectivity index (χ1n) is 7.90. The molecule has 0 saturated heterocycles. The third-order valence-electron chi connectivity index (χ3n) is 4.14. The quantitative estimate of drug-likeness (QED) is 0.867. The predicted octanol–water partition coefficient (Wildman–Crippen LogP) is 2.34. The Morgan fingerprint density at radius 3 is 2.62 bits per heavy atom. The van der Waals surface area contributed by atoms with Crippen LogP contribution in [-0.4, -0.2) is 33.6 Å². The molecule has 1 fully saturated rings. The van der Waals surface area contributed by atoms with Crippen LogP contribution in [0.15, 0.2) is 6.07 Å². The van der Waals surface area contributed by atoms with Gasteiger partial charge in [-0.15, -0.1) is 0 Å². The second-order valence-corrected chi connectivity index (χ2v) is 6.31. The topological polar surface area (TPSA) is 96.7 Å². The molecule has 124 valence electrons. The zero-order chi connectivity index (χ0) is 17.4. The van der Waals surface area contributed by atoms with Crippen molar-refractivity contribution in [2.24, 2.45) is 0 Å². The van der Waals surface area contributed by atoms with Crippen molar-refractivity contribution >= 4 is 23.5 Å². The summed E-state index contributed by atoms with van der Waals surface area (Å²) in [5.74, 6) is 0.834. The Labute approximate surface area is 141 Å². The second-order valence-electron chi connectivity index (χ2n) is 6.31.